The van der Waals surface area contributed by atoms with Crippen LogP contribution in [0.25, 0.3) is 28.0 Å². The highest BCUT2D eigenvalue weighted by atomic mass is 35.5. The summed E-state index contributed by atoms with van der Waals surface area (Å²) < 4.78 is 6.90. The molecule has 1 unspecified atom stereocenters. The molecule has 0 aliphatic carbocycles. The van der Waals surface area contributed by atoms with Crippen molar-refractivity contribution < 1.29 is 4.52 Å². The normalized spacial score (nSPS) is 12.1. The molecular formula is C24H21ClN8O2. The number of nitrogen functional groups attached to an aromatic ring is 1. The Labute approximate surface area is 204 Å². The average molecular weight is 489 g/mol. The number of hydrogen-bond donors (Lipinski definition) is 2. The van der Waals surface area contributed by atoms with Crippen LogP contribution in [0.15, 0.2) is 64.2 Å². The molecule has 2 aromatic carbocycles. The molecule has 0 amide bonds. The van der Waals surface area contributed by atoms with Gasteiger partial charge in [-0.1, -0.05) is 47.9 Å². The second-order valence-corrected chi connectivity index (χ2v) is 8.22. The smallest absolute Gasteiger partial charge is 0.267 e. The zero-order valence-corrected chi connectivity index (χ0v) is 19.7. The van der Waals surface area contributed by atoms with Gasteiger partial charge in [0.05, 0.1) is 27.7 Å². The van der Waals surface area contributed by atoms with Crippen LogP contribution in [-0.2, 0) is 0 Å². The van der Waals surface area contributed by atoms with Gasteiger partial charge in [-0.2, -0.15) is 4.98 Å². The number of aromatic nitrogens is 6. The maximum Gasteiger partial charge on any atom is 0.267 e. The average Bonchev–Trinajstić information content (AvgIpc) is 3.28. The lowest BCUT2D eigenvalue weighted by Gasteiger charge is -2.23. The molecule has 10 nitrogen and oxygen atoms in total. The van der Waals surface area contributed by atoms with Crippen LogP contribution in [0.5, 0.6) is 0 Å². The monoisotopic (exact) mass is 488 g/mol. The molecule has 3 heterocycles. The van der Waals surface area contributed by atoms with Crippen molar-refractivity contribution >= 4 is 34.1 Å². The van der Waals surface area contributed by atoms with E-state index in [0.29, 0.717) is 51.1 Å². The van der Waals surface area contributed by atoms with Gasteiger partial charge in [0.25, 0.3) is 11.4 Å². The van der Waals surface area contributed by atoms with Crippen molar-refractivity contribution in [1.29, 1.82) is 0 Å². The van der Waals surface area contributed by atoms with E-state index < -0.39 is 6.04 Å². The van der Waals surface area contributed by atoms with E-state index in [9.17, 15) is 4.79 Å². The minimum absolute atomic E-state index is 0.180. The predicted octanol–water partition coefficient (Wildman–Crippen LogP) is 4.33. The lowest BCUT2D eigenvalue weighted by Crippen LogP contribution is -2.28. The number of benzene rings is 2. The Bertz CT molecular complexity index is 1580. The van der Waals surface area contributed by atoms with Crippen LogP contribution >= 0.6 is 11.6 Å². The van der Waals surface area contributed by atoms with Crippen LogP contribution in [0.4, 0.5) is 11.6 Å². The Morgan fingerprint density at radius 3 is 2.63 bits per heavy atom. The zero-order chi connectivity index (χ0) is 24.5. The van der Waals surface area contributed by atoms with Crippen LogP contribution in [0.2, 0.25) is 5.02 Å². The van der Waals surface area contributed by atoms with Crippen molar-refractivity contribution in [3.63, 3.8) is 0 Å². The van der Waals surface area contributed by atoms with Gasteiger partial charge in [0.1, 0.15) is 29.4 Å². The Kier molecular flexibility index (Phi) is 5.87. The topological polar surface area (TPSA) is 138 Å². The number of nitrogens with zero attached hydrogens (tertiary/aromatic N) is 6. The van der Waals surface area contributed by atoms with Crippen molar-refractivity contribution in [1.82, 2.24) is 29.7 Å². The fourth-order valence-corrected chi connectivity index (χ4v) is 4.15. The molecule has 3 N–H and O–H groups in total. The highest BCUT2D eigenvalue weighted by molar-refractivity contribution is 6.35. The van der Waals surface area contributed by atoms with Crippen molar-refractivity contribution in [3.05, 3.63) is 81.9 Å². The molecule has 0 spiro atoms. The number of fused-ring (bicyclic) bond motifs is 1. The molecule has 11 heteroatoms. The second kappa shape index (κ2) is 9.15. The van der Waals surface area contributed by atoms with Gasteiger partial charge in [-0.15, -0.1) is 0 Å². The summed E-state index contributed by atoms with van der Waals surface area (Å²) in [4.78, 5) is 31.3. The zero-order valence-electron chi connectivity index (χ0n) is 18.9. The summed E-state index contributed by atoms with van der Waals surface area (Å²) >= 11 is 6.40. The molecule has 0 radical (unpaired) electrons. The first-order valence-electron chi connectivity index (χ1n) is 10.9. The molecule has 5 aromatic rings. The minimum Gasteiger partial charge on any atom is -0.383 e. The maximum atomic E-state index is 13.7. The molecule has 35 heavy (non-hydrogen) atoms. The quantitative estimate of drug-likeness (QED) is 0.357. The number of hydrogen-bond acceptors (Lipinski definition) is 9. The van der Waals surface area contributed by atoms with Gasteiger partial charge in [-0.3, -0.25) is 9.36 Å². The third kappa shape index (κ3) is 4.08. The van der Waals surface area contributed by atoms with Gasteiger partial charge in [0.2, 0.25) is 0 Å². The molecule has 1 atom stereocenters. The van der Waals surface area contributed by atoms with Gasteiger partial charge in [0.15, 0.2) is 5.82 Å². The third-order valence-electron chi connectivity index (χ3n) is 5.54. The number of aryl methyl sites for hydroxylation is 1. The fourth-order valence-electron chi connectivity index (χ4n) is 3.90. The van der Waals surface area contributed by atoms with Gasteiger partial charge in [-0.05, 0) is 37.6 Å². The van der Waals surface area contributed by atoms with Gasteiger partial charge < -0.3 is 15.6 Å². The summed E-state index contributed by atoms with van der Waals surface area (Å²) in [7, 11) is 0. The molecule has 0 saturated heterocycles. The van der Waals surface area contributed by atoms with Crippen molar-refractivity contribution in [2.45, 2.75) is 26.3 Å². The second-order valence-electron chi connectivity index (χ2n) is 7.81. The molecule has 5 rings (SSSR count). The van der Waals surface area contributed by atoms with Crippen LogP contribution < -0.4 is 16.6 Å². The molecule has 0 saturated carbocycles. The minimum atomic E-state index is -0.441. The first-order chi connectivity index (χ1) is 17.0. The summed E-state index contributed by atoms with van der Waals surface area (Å²) in [5.74, 6) is 1.69. The van der Waals surface area contributed by atoms with E-state index in [1.807, 2.05) is 37.3 Å². The Hall–Kier alpha value is -4.31. The summed E-state index contributed by atoms with van der Waals surface area (Å²) in [5.41, 5.74) is 7.43. The Morgan fingerprint density at radius 2 is 1.91 bits per heavy atom. The summed E-state index contributed by atoms with van der Waals surface area (Å²) in [6, 6.07) is 14.1. The number of anilines is 2. The lowest BCUT2D eigenvalue weighted by molar-refractivity contribution is 0.425. The van der Waals surface area contributed by atoms with E-state index in [1.165, 1.54) is 6.33 Å². The first-order valence-corrected chi connectivity index (χ1v) is 11.3. The molecule has 3 aromatic heterocycles. The van der Waals surface area contributed by atoms with E-state index >= 15 is 0 Å². The molecule has 176 valence electrons. The molecule has 0 bridgehead atoms. The third-order valence-corrected chi connectivity index (χ3v) is 5.85. The fraction of sp³-hybridized carbons (Fsp3) is 0.167. The van der Waals surface area contributed by atoms with Crippen molar-refractivity contribution in [2.24, 2.45) is 0 Å². The van der Waals surface area contributed by atoms with Crippen LogP contribution in [0.1, 0.15) is 31.0 Å². The Balaban J connectivity index is 1.71. The van der Waals surface area contributed by atoms with Gasteiger partial charge in [-0.25, -0.2) is 15.0 Å². The Morgan fingerprint density at radius 1 is 1.11 bits per heavy atom. The summed E-state index contributed by atoms with van der Waals surface area (Å²) in [6.45, 7) is 3.68. The van der Waals surface area contributed by atoms with Crippen LogP contribution in [0.3, 0.4) is 0 Å². The largest absolute Gasteiger partial charge is 0.383 e. The summed E-state index contributed by atoms with van der Waals surface area (Å²) in [6.07, 6.45) is 1.91. The van der Waals surface area contributed by atoms with Crippen molar-refractivity contribution in [2.75, 3.05) is 11.1 Å². The van der Waals surface area contributed by atoms with E-state index in [-0.39, 0.29) is 17.3 Å². The van der Waals surface area contributed by atoms with E-state index in [1.54, 1.807) is 29.7 Å². The highest BCUT2D eigenvalue weighted by Crippen LogP contribution is 2.33. The van der Waals surface area contributed by atoms with Gasteiger partial charge >= 0.3 is 0 Å². The number of para-hydroxylation sites is 1. The molecule has 0 aliphatic rings. The predicted molar refractivity (Wildman–Crippen MR) is 133 cm³/mol. The number of nitrogens with two attached hydrogens (primary N) is 1. The summed E-state index contributed by atoms with van der Waals surface area (Å²) in [5, 5.41) is 7.90. The maximum absolute atomic E-state index is 13.7. The molecule has 0 fully saturated rings. The molecular weight excluding hydrogens is 468 g/mol. The lowest BCUT2D eigenvalue weighted by atomic mass is 10.1. The SMILES string of the molecule is CCC(Nc1ncnc(N)c1-c1nc(C)no1)c1nc2cccc(Cl)c2c(=O)n1-c1ccccc1. The standard InChI is InChI=1S/C24H21ClN8O2/c1-3-16(30-21-19(20(26)27-12-28-21)23-29-13(2)32-35-23)22-31-17-11-7-10-15(25)18(17)24(34)33(22)14-8-5-4-6-9-14/h4-12,16H,3H2,1-2H3,(H3,26,27,28,30). The van der Waals surface area contributed by atoms with Crippen LogP contribution in [0, 0.1) is 6.92 Å². The van der Waals surface area contributed by atoms with Gasteiger partial charge in [0, 0.05) is 0 Å². The molecule has 0 aliphatic heterocycles. The number of halogens is 1. The first kappa shape index (κ1) is 22.5. The highest BCUT2D eigenvalue weighted by Gasteiger charge is 2.25. The van der Waals surface area contributed by atoms with Crippen molar-refractivity contribution in [3.8, 4) is 17.1 Å². The number of rotatable bonds is 6. The van der Waals surface area contributed by atoms with E-state index in [2.05, 4.69) is 25.4 Å². The van der Waals surface area contributed by atoms with E-state index in [4.69, 9.17) is 26.8 Å². The van der Waals surface area contributed by atoms with E-state index in [0.717, 1.165) is 0 Å². The number of nitrogens with one attached hydrogen (secondary N) is 1. The van der Waals surface area contributed by atoms with Crippen LogP contribution in [-0.4, -0.2) is 29.7 Å².